The highest BCUT2D eigenvalue weighted by atomic mass is 19.4. The Bertz CT molecular complexity index is 901. The summed E-state index contributed by atoms with van der Waals surface area (Å²) in [6.07, 6.45) is -1.04. The molecule has 0 bridgehead atoms. The standard InChI is InChI=1S/C24H28F3N3O/c25-24(26,27)21-9-2-3-10-22(21)29-15-13-28(14-16-29)18-19-7-6-8-20(17-19)23(31)30-11-4-1-5-12-30/h2-3,6-10,17H,1,4-5,11-16,18H2. The Morgan fingerprint density at radius 2 is 1.55 bits per heavy atom. The molecule has 0 radical (unpaired) electrons. The molecule has 2 aliphatic heterocycles. The second-order valence-electron chi connectivity index (χ2n) is 8.33. The van der Waals surface area contributed by atoms with Crippen LogP contribution in [0.25, 0.3) is 0 Å². The summed E-state index contributed by atoms with van der Waals surface area (Å²) in [6.45, 7) is 4.77. The predicted octanol–water partition coefficient (Wildman–Crippen LogP) is 4.65. The zero-order valence-electron chi connectivity index (χ0n) is 17.6. The van der Waals surface area contributed by atoms with Crippen LogP contribution in [0.15, 0.2) is 48.5 Å². The summed E-state index contributed by atoms with van der Waals surface area (Å²) >= 11 is 0. The summed E-state index contributed by atoms with van der Waals surface area (Å²) in [7, 11) is 0. The van der Waals surface area contributed by atoms with E-state index >= 15 is 0 Å². The summed E-state index contributed by atoms with van der Waals surface area (Å²) in [5.74, 6) is 0.0927. The molecule has 2 saturated heterocycles. The first-order chi connectivity index (χ1) is 14.9. The van der Waals surface area contributed by atoms with Gasteiger partial charge < -0.3 is 9.80 Å². The lowest BCUT2D eigenvalue weighted by atomic mass is 10.1. The lowest BCUT2D eigenvalue weighted by molar-refractivity contribution is -0.137. The van der Waals surface area contributed by atoms with Crippen LogP contribution in [0.3, 0.4) is 0 Å². The van der Waals surface area contributed by atoms with E-state index in [1.807, 2.05) is 34.1 Å². The Hall–Kier alpha value is -2.54. The van der Waals surface area contributed by atoms with Gasteiger partial charge in [-0.25, -0.2) is 0 Å². The van der Waals surface area contributed by atoms with Gasteiger partial charge in [-0.3, -0.25) is 9.69 Å². The normalized spacial score (nSPS) is 18.3. The van der Waals surface area contributed by atoms with Crippen molar-refractivity contribution in [2.75, 3.05) is 44.2 Å². The van der Waals surface area contributed by atoms with E-state index in [4.69, 9.17) is 0 Å². The Kier molecular flexibility index (Phi) is 6.51. The summed E-state index contributed by atoms with van der Waals surface area (Å²) in [5.41, 5.74) is 1.46. The zero-order valence-corrected chi connectivity index (χ0v) is 17.6. The highest BCUT2D eigenvalue weighted by Crippen LogP contribution is 2.36. The van der Waals surface area contributed by atoms with Crippen LogP contribution < -0.4 is 4.90 Å². The maximum Gasteiger partial charge on any atom is 0.418 e. The number of piperazine rings is 1. The molecule has 0 unspecified atom stereocenters. The number of nitrogens with zero attached hydrogens (tertiary/aromatic N) is 3. The molecule has 4 nitrogen and oxygen atoms in total. The van der Waals surface area contributed by atoms with Crippen LogP contribution in [-0.4, -0.2) is 55.0 Å². The second kappa shape index (κ2) is 9.30. The lowest BCUT2D eigenvalue weighted by Gasteiger charge is -2.37. The molecule has 0 aliphatic carbocycles. The number of likely N-dealkylation sites (tertiary alicyclic amines) is 1. The van der Waals surface area contributed by atoms with Crippen molar-refractivity contribution in [2.45, 2.75) is 32.0 Å². The molecule has 2 fully saturated rings. The highest BCUT2D eigenvalue weighted by molar-refractivity contribution is 5.94. The number of piperidine rings is 1. The molecule has 2 heterocycles. The van der Waals surface area contributed by atoms with E-state index in [0.29, 0.717) is 32.7 Å². The number of carbonyl (C=O) groups excluding carboxylic acids is 1. The van der Waals surface area contributed by atoms with Crippen molar-refractivity contribution in [3.05, 3.63) is 65.2 Å². The first-order valence-electron chi connectivity index (χ1n) is 10.9. The molecule has 166 valence electrons. The SMILES string of the molecule is O=C(c1cccc(CN2CCN(c3ccccc3C(F)(F)F)CC2)c1)N1CCCCC1. The van der Waals surface area contributed by atoms with Crippen LogP contribution in [0.2, 0.25) is 0 Å². The summed E-state index contributed by atoms with van der Waals surface area (Å²) in [5, 5.41) is 0. The maximum absolute atomic E-state index is 13.3. The molecule has 2 aliphatic rings. The number of rotatable bonds is 4. The van der Waals surface area contributed by atoms with Gasteiger partial charge in [0.05, 0.1) is 5.56 Å². The van der Waals surface area contributed by atoms with E-state index in [0.717, 1.165) is 43.1 Å². The van der Waals surface area contributed by atoms with Crippen molar-refractivity contribution >= 4 is 11.6 Å². The minimum absolute atomic E-state index is 0.0927. The Labute approximate surface area is 181 Å². The fraction of sp³-hybridized carbons (Fsp3) is 0.458. The third-order valence-electron chi connectivity index (χ3n) is 6.15. The zero-order chi connectivity index (χ0) is 21.8. The van der Waals surface area contributed by atoms with E-state index in [9.17, 15) is 18.0 Å². The first kappa shape index (κ1) is 21.7. The largest absolute Gasteiger partial charge is 0.418 e. The number of anilines is 1. The highest BCUT2D eigenvalue weighted by Gasteiger charge is 2.35. The number of hydrogen-bond acceptors (Lipinski definition) is 3. The predicted molar refractivity (Wildman–Crippen MR) is 115 cm³/mol. The van der Waals surface area contributed by atoms with Crippen molar-refractivity contribution < 1.29 is 18.0 Å². The number of amides is 1. The van der Waals surface area contributed by atoms with E-state index < -0.39 is 11.7 Å². The van der Waals surface area contributed by atoms with Gasteiger partial charge in [0, 0.05) is 57.1 Å². The number of halogens is 3. The number of carbonyl (C=O) groups is 1. The fourth-order valence-electron chi connectivity index (χ4n) is 4.48. The van der Waals surface area contributed by atoms with Gasteiger partial charge in [0.25, 0.3) is 5.91 Å². The number of benzene rings is 2. The molecule has 0 saturated carbocycles. The van der Waals surface area contributed by atoms with Crippen LogP contribution in [0.1, 0.15) is 40.7 Å². The summed E-state index contributed by atoms with van der Waals surface area (Å²) in [4.78, 5) is 18.7. The average Bonchev–Trinajstić information content (AvgIpc) is 2.79. The lowest BCUT2D eigenvalue weighted by Crippen LogP contribution is -2.46. The van der Waals surface area contributed by atoms with E-state index in [1.165, 1.54) is 12.5 Å². The minimum Gasteiger partial charge on any atom is -0.368 e. The quantitative estimate of drug-likeness (QED) is 0.705. The van der Waals surface area contributed by atoms with Gasteiger partial charge >= 0.3 is 6.18 Å². The first-order valence-corrected chi connectivity index (χ1v) is 10.9. The molecule has 4 rings (SSSR count). The molecule has 2 aromatic rings. The Morgan fingerprint density at radius 1 is 0.839 bits per heavy atom. The van der Waals surface area contributed by atoms with Crippen LogP contribution >= 0.6 is 0 Å². The Balaban J connectivity index is 1.37. The molecular formula is C24H28F3N3O. The molecule has 0 N–H and O–H groups in total. The monoisotopic (exact) mass is 431 g/mol. The van der Waals surface area contributed by atoms with Crippen molar-refractivity contribution in [1.82, 2.24) is 9.80 Å². The molecule has 31 heavy (non-hydrogen) atoms. The average molecular weight is 432 g/mol. The van der Waals surface area contributed by atoms with Gasteiger partial charge in [0.2, 0.25) is 0 Å². The second-order valence-corrected chi connectivity index (χ2v) is 8.33. The third kappa shape index (κ3) is 5.21. The molecule has 0 spiro atoms. The molecule has 0 aromatic heterocycles. The smallest absolute Gasteiger partial charge is 0.368 e. The van der Waals surface area contributed by atoms with E-state index in [2.05, 4.69) is 4.90 Å². The van der Waals surface area contributed by atoms with E-state index in [1.54, 1.807) is 12.1 Å². The number of hydrogen-bond donors (Lipinski definition) is 0. The minimum atomic E-state index is -4.35. The molecule has 0 atom stereocenters. The molecule has 7 heteroatoms. The third-order valence-corrected chi connectivity index (χ3v) is 6.15. The van der Waals surface area contributed by atoms with Gasteiger partial charge in [-0.1, -0.05) is 24.3 Å². The van der Waals surface area contributed by atoms with Crippen LogP contribution in [0.5, 0.6) is 0 Å². The van der Waals surface area contributed by atoms with Gasteiger partial charge in [-0.15, -0.1) is 0 Å². The molecule has 2 aromatic carbocycles. The van der Waals surface area contributed by atoms with Gasteiger partial charge in [0.1, 0.15) is 0 Å². The topological polar surface area (TPSA) is 26.8 Å². The van der Waals surface area contributed by atoms with Crippen LogP contribution in [0, 0.1) is 0 Å². The maximum atomic E-state index is 13.3. The molecular weight excluding hydrogens is 403 g/mol. The number of alkyl halides is 3. The van der Waals surface area contributed by atoms with Crippen LogP contribution in [0.4, 0.5) is 18.9 Å². The van der Waals surface area contributed by atoms with Crippen molar-refractivity contribution in [3.63, 3.8) is 0 Å². The Morgan fingerprint density at radius 3 is 2.26 bits per heavy atom. The van der Waals surface area contributed by atoms with Gasteiger partial charge in [-0.05, 0) is 49.1 Å². The fourth-order valence-corrected chi connectivity index (χ4v) is 4.48. The van der Waals surface area contributed by atoms with Crippen molar-refractivity contribution in [2.24, 2.45) is 0 Å². The van der Waals surface area contributed by atoms with Gasteiger partial charge in [-0.2, -0.15) is 13.2 Å². The van der Waals surface area contributed by atoms with Crippen LogP contribution in [-0.2, 0) is 12.7 Å². The summed E-state index contributed by atoms with van der Waals surface area (Å²) in [6, 6.07) is 13.5. The van der Waals surface area contributed by atoms with E-state index in [-0.39, 0.29) is 11.6 Å². The van der Waals surface area contributed by atoms with Crippen molar-refractivity contribution in [1.29, 1.82) is 0 Å². The number of para-hydroxylation sites is 1. The summed E-state index contributed by atoms with van der Waals surface area (Å²) < 4.78 is 40.0. The van der Waals surface area contributed by atoms with Crippen molar-refractivity contribution in [3.8, 4) is 0 Å². The van der Waals surface area contributed by atoms with Gasteiger partial charge in [0.15, 0.2) is 0 Å². The molecule has 1 amide bonds.